The zero-order valence-corrected chi connectivity index (χ0v) is 16.2. The highest BCUT2D eigenvalue weighted by Gasteiger charge is 2.40. The zero-order valence-electron chi connectivity index (χ0n) is 16.2. The molecule has 4 heteroatoms. The van der Waals surface area contributed by atoms with Gasteiger partial charge in [-0.3, -0.25) is 0 Å². The predicted octanol–water partition coefficient (Wildman–Crippen LogP) is 3.48. The van der Waals surface area contributed by atoms with E-state index in [1.807, 2.05) is 18.2 Å². The van der Waals surface area contributed by atoms with Crippen LogP contribution in [0.2, 0.25) is 0 Å². The van der Waals surface area contributed by atoms with Gasteiger partial charge in [-0.05, 0) is 31.2 Å². The molecule has 0 aliphatic carbocycles. The van der Waals surface area contributed by atoms with Crippen molar-refractivity contribution in [2.24, 2.45) is 5.92 Å². The first-order chi connectivity index (χ1) is 11.8. The van der Waals surface area contributed by atoms with Crippen LogP contribution in [0, 0.1) is 5.92 Å². The smallest absolute Gasteiger partial charge is 0.343 e. The number of quaternary nitrogens is 1. The Morgan fingerprint density at radius 2 is 2.04 bits per heavy atom. The summed E-state index contributed by atoms with van der Waals surface area (Å²) in [7, 11) is 2.23. The van der Waals surface area contributed by atoms with Crippen molar-refractivity contribution in [3.63, 3.8) is 0 Å². The predicted molar refractivity (Wildman–Crippen MR) is 100.0 cm³/mol. The second-order valence-corrected chi connectivity index (χ2v) is 8.21. The highest BCUT2D eigenvalue weighted by Crippen LogP contribution is 2.30. The molecule has 0 radical (unpaired) electrons. The molecule has 1 aliphatic rings. The summed E-state index contributed by atoms with van der Waals surface area (Å²) in [5.74, 6) is -0.101. The standard InChI is InChI=1S/C21H34NO3/c1-17(2)12-13-21(24,19-10-6-5-7-11-19)20(23)25-16-15-22(4)14-8-9-18(22)3/h5-7,10-11,17-18,24H,8-9,12-16H2,1-4H3/q+1/t18-,21-,22?/m1/s1. The maximum Gasteiger partial charge on any atom is 0.343 e. The normalized spacial score (nSPS) is 25.8. The second-order valence-electron chi connectivity index (χ2n) is 8.21. The third kappa shape index (κ3) is 4.83. The van der Waals surface area contributed by atoms with Crippen molar-refractivity contribution in [3.8, 4) is 0 Å². The number of esters is 1. The van der Waals surface area contributed by atoms with Crippen LogP contribution in [0.3, 0.4) is 0 Å². The molecule has 0 bridgehead atoms. The van der Waals surface area contributed by atoms with Crippen LogP contribution >= 0.6 is 0 Å². The molecule has 0 aromatic heterocycles. The molecule has 0 spiro atoms. The van der Waals surface area contributed by atoms with Gasteiger partial charge in [0.15, 0.2) is 5.60 Å². The molecular formula is C21H34NO3+. The number of likely N-dealkylation sites (N-methyl/N-ethyl adjacent to an activating group) is 1. The molecule has 140 valence electrons. The summed E-state index contributed by atoms with van der Waals surface area (Å²) in [6, 6.07) is 9.79. The Hall–Kier alpha value is -1.39. The van der Waals surface area contributed by atoms with E-state index in [4.69, 9.17) is 4.74 Å². The molecule has 1 aromatic rings. The molecule has 1 aliphatic heterocycles. The van der Waals surface area contributed by atoms with Crippen molar-refractivity contribution in [2.45, 2.75) is 58.1 Å². The minimum atomic E-state index is -1.55. The van der Waals surface area contributed by atoms with E-state index in [1.165, 1.54) is 12.8 Å². The van der Waals surface area contributed by atoms with Gasteiger partial charge in [0.2, 0.25) is 0 Å². The fourth-order valence-corrected chi connectivity index (χ4v) is 3.65. The number of hydrogen-bond donors (Lipinski definition) is 1. The van der Waals surface area contributed by atoms with Gasteiger partial charge in [0.05, 0.1) is 19.6 Å². The van der Waals surface area contributed by atoms with Gasteiger partial charge in [-0.25, -0.2) is 4.79 Å². The summed E-state index contributed by atoms with van der Waals surface area (Å²) in [4.78, 5) is 12.8. The Morgan fingerprint density at radius 1 is 1.36 bits per heavy atom. The SMILES string of the molecule is CC(C)CC[C@](O)(C(=O)OCC[N+]1(C)CCC[C@H]1C)c1ccccc1. The third-order valence-electron chi connectivity index (χ3n) is 5.86. The monoisotopic (exact) mass is 348 g/mol. The van der Waals surface area contributed by atoms with E-state index in [2.05, 4.69) is 27.8 Å². The van der Waals surface area contributed by atoms with Crippen LogP contribution in [-0.4, -0.2) is 48.3 Å². The number of rotatable bonds is 8. The van der Waals surface area contributed by atoms with Crippen molar-refractivity contribution in [3.05, 3.63) is 35.9 Å². The number of benzene rings is 1. The van der Waals surface area contributed by atoms with E-state index in [0.29, 0.717) is 30.6 Å². The second kappa shape index (κ2) is 8.33. The lowest BCUT2D eigenvalue weighted by Gasteiger charge is -2.34. The van der Waals surface area contributed by atoms with Gasteiger partial charge in [-0.2, -0.15) is 0 Å². The Kier molecular flexibility index (Phi) is 6.64. The van der Waals surface area contributed by atoms with E-state index in [-0.39, 0.29) is 0 Å². The number of nitrogens with zero attached hydrogens (tertiary/aromatic N) is 1. The lowest BCUT2D eigenvalue weighted by Crippen LogP contribution is -2.49. The third-order valence-corrected chi connectivity index (χ3v) is 5.86. The minimum absolute atomic E-state index is 0.358. The summed E-state index contributed by atoms with van der Waals surface area (Å²) in [6.45, 7) is 8.75. The van der Waals surface area contributed by atoms with Gasteiger partial charge in [0, 0.05) is 12.8 Å². The molecule has 1 aromatic carbocycles. The van der Waals surface area contributed by atoms with E-state index < -0.39 is 11.6 Å². The van der Waals surface area contributed by atoms with Crippen LogP contribution in [0.15, 0.2) is 30.3 Å². The molecule has 0 saturated carbocycles. The highest BCUT2D eigenvalue weighted by atomic mass is 16.5. The first-order valence-electron chi connectivity index (χ1n) is 9.57. The van der Waals surface area contributed by atoms with Gasteiger partial charge >= 0.3 is 5.97 Å². The van der Waals surface area contributed by atoms with Crippen molar-refractivity contribution >= 4 is 5.97 Å². The van der Waals surface area contributed by atoms with Gasteiger partial charge in [-0.1, -0.05) is 44.2 Å². The molecule has 1 N–H and O–H groups in total. The molecular weight excluding hydrogens is 314 g/mol. The first kappa shape index (κ1) is 19.9. The maximum atomic E-state index is 12.8. The van der Waals surface area contributed by atoms with Gasteiger partial charge < -0.3 is 14.3 Å². The lowest BCUT2D eigenvalue weighted by molar-refractivity contribution is -0.919. The highest BCUT2D eigenvalue weighted by molar-refractivity contribution is 5.81. The Labute approximate surface area is 152 Å². The molecule has 25 heavy (non-hydrogen) atoms. The number of likely N-dealkylation sites (tertiary alicyclic amines) is 1. The van der Waals surface area contributed by atoms with Gasteiger partial charge in [-0.15, -0.1) is 0 Å². The molecule has 1 unspecified atom stereocenters. The zero-order chi connectivity index (χ0) is 18.5. The summed E-state index contributed by atoms with van der Waals surface area (Å²) >= 11 is 0. The molecule has 1 saturated heterocycles. The summed E-state index contributed by atoms with van der Waals surface area (Å²) < 4.78 is 6.51. The first-order valence-corrected chi connectivity index (χ1v) is 9.57. The van der Waals surface area contributed by atoms with Crippen molar-refractivity contribution in [1.82, 2.24) is 0 Å². The number of ether oxygens (including phenoxy) is 1. The van der Waals surface area contributed by atoms with E-state index in [0.717, 1.165) is 24.0 Å². The van der Waals surface area contributed by atoms with Crippen molar-refractivity contribution in [2.75, 3.05) is 26.7 Å². The van der Waals surface area contributed by atoms with E-state index in [9.17, 15) is 9.90 Å². The average molecular weight is 349 g/mol. The largest absolute Gasteiger partial charge is 0.457 e. The quantitative estimate of drug-likeness (QED) is 0.578. The van der Waals surface area contributed by atoms with Crippen molar-refractivity contribution < 1.29 is 19.1 Å². The summed E-state index contributed by atoms with van der Waals surface area (Å²) in [5, 5.41) is 11.1. The fourth-order valence-electron chi connectivity index (χ4n) is 3.65. The summed E-state index contributed by atoms with van der Waals surface area (Å²) in [5.41, 5.74) is -0.934. The lowest BCUT2D eigenvalue weighted by atomic mass is 9.87. The molecule has 2 rings (SSSR count). The topological polar surface area (TPSA) is 46.5 Å². The molecule has 3 atom stereocenters. The molecule has 1 heterocycles. The number of hydrogen-bond acceptors (Lipinski definition) is 3. The van der Waals surface area contributed by atoms with Gasteiger partial charge in [0.1, 0.15) is 13.2 Å². The average Bonchev–Trinajstić information content (AvgIpc) is 2.92. The number of aliphatic hydroxyl groups is 1. The van der Waals surface area contributed by atoms with Crippen LogP contribution in [0.1, 0.15) is 52.0 Å². The van der Waals surface area contributed by atoms with E-state index in [1.54, 1.807) is 12.1 Å². The Bertz CT molecular complexity index is 560. The van der Waals surface area contributed by atoms with Crippen molar-refractivity contribution in [1.29, 1.82) is 0 Å². The maximum absolute atomic E-state index is 12.8. The van der Waals surface area contributed by atoms with Crippen LogP contribution in [0.5, 0.6) is 0 Å². The molecule has 0 amide bonds. The van der Waals surface area contributed by atoms with E-state index >= 15 is 0 Å². The number of carbonyl (C=O) groups excluding carboxylic acids is 1. The Morgan fingerprint density at radius 3 is 2.60 bits per heavy atom. The summed E-state index contributed by atoms with van der Waals surface area (Å²) in [6.07, 6.45) is 3.61. The molecule has 4 nitrogen and oxygen atoms in total. The van der Waals surface area contributed by atoms with Crippen LogP contribution in [0.4, 0.5) is 0 Å². The van der Waals surface area contributed by atoms with Gasteiger partial charge in [0.25, 0.3) is 0 Å². The minimum Gasteiger partial charge on any atom is -0.457 e. The van der Waals surface area contributed by atoms with Crippen LogP contribution < -0.4 is 0 Å². The van der Waals surface area contributed by atoms with Crippen LogP contribution in [0.25, 0.3) is 0 Å². The molecule has 1 fully saturated rings. The number of carbonyl (C=O) groups is 1. The fraction of sp³-hybridized carbons (Fsp3) is 0.667. The Balaban J connectivity index is 2.02. The van der Waals surface area contributed by atoms with Crippen LogP contribution in [-0.2, 0) is 15.1 Å².